The Labute approximate surface area is 261 Å². The number of nitrogens with one attached hydrogen (secondary N) is 2. The van der Waals surface area contributed by atoms with E-state index in [1.165, 1.54) is 23.9 Å². The number of hydrogen-bond donors (Lipinski definition) is 2. The minimum atomic E-state index is -4.53. The summed E-state index contributed by atoms with van der Waals surface area (Å²) in [4.78, 5) is 30.7. The van der Waals surface area contributed by atoms with Crippen LogP contribution in [0.15, 0.2) is 137 Å². The Morgan fingerprint density at radius 2 is 1.50 bits per heavy atom. The SMILES string of the molecule is O=C(Nc1cccc(C(F)(F)F)c1)C(Sc1cccc(NC(=O)N2c3ccccc3SC3C=CC=CC32)c1)c1ccccc1. The first-order chi connectivity index (χ1) is 21.3. The number of rotatable bonds is 6. The summed E-state index contributed by atoms with van der Waals surface area (Å²) < 4.78 is 39.8. The van der Waals surface area contributed by atoms with Crippen LogP contribution in [0.1, 0.15) is 16.4 Å². The number of urea groups is 1. The van der Waals surface area contributed by atoms with Gasteiger partial charge in [0.25, 0.3) is 0 Å². The largest absolute Gasteiger partial charge is 0.416 e. The molecule has 0 spiro atoms. The summed E-state index contributed by atoms with van der Waals surface area (Å²) in [5.41, 5.74) is 1.27. The molecule has 0 radical (unpaired) electrons. The molecule has 0 saturated heterocycles. The number of carbonyl (C=O) groups excluding carboxylic acids is 2. The number of halogens is 3. The first-order valence-corrected chi connectivity index (χ1v) is 15.5. The highest BCUT2D eigenvalue weighted by molar-refractivity contribution is 8.00. The molecule has 3 amide bonds. The number of fused-ring (bicyclic) bond motifs is 2. The molecule has 1 aliphatic carbocycles. The molecule has 0 fully saturated rings. The number of carbonyl (C=O) groups is 2. The van der Waals surface area contributed by atoms with Crippen molar-refractivity contribution in [1.29, 1.82) is 0 Å². The highest BCUT2D eigenvalue weighted by Gasteiger charge is 2.37. The van der Waals surface area contributed by atoms with E-state index in [0.29, 0.717) is 16.1 Å². The molecule has 4 aromatic rings. The molecule has 3 atom stereocenters. The van der Waals surface area contributed by atoms with E-state index in [1.54, 1.807) is 59.1 Å². The third kappa shape index (κ3) is 6.56. The van der Waals surface area contributed by atoms with Gasteiger partial charge in [0.2, 0.25) is 5.91 Å². The Morgan fingerprint density at radius 1 is 0.795 bits per heavy atom. The van der Waals surface area contributed by atoms with Crippen LogP contribution in [0.3, 0.4) is 0 Å². The average molecular weight is 630 g/mol. The molecular weight excluding hydrogens is 604 g/mol. The van der Waals surface area contributed by atoms with Crippen molar-refractivity contribution in [3.8, 4) is 0 Å². The smallest absolute Gasteiger partial charge is 0.325 e. The predicted molar refractivity (Wildman–Crippen MR) is 171 cm³/mol. The monoisotopic (exact) mass is 629 g/mol. The van der Waals surface area contributed by atoms with Crippen LogP contribution in [0.4, 0.5) is 35.0 Å². The van der Waals surface area contributed by atoms with Gasteiger partial charge in [0.1, 0.15) is 5.25 Å². The third-order valence-electron chi connectivity index (χ3n) is 7.10. The standard InChI is InChI=1S/C34H26F3N3O2S2/c35-34(36,37)23-12-8-13-24(20-23)38-32(41)31(22-10-2-1-3-11-22)43-26-15-9-14-25(21-26)39-33(42)40-27-16-4-6-18-29(27)44-30-19-7-5-17-28(30)40/h1-21,27,29,31H,(H,38,41)(H,39,42). The molecule has 0 aromatic heterocycles. The zero-order valence-corrected chi connectivity index (χ0v) is 24.7. The van der Waals surface area contributed by atoms with Crippen LogP contribution >= 0.6 is 23.5 Å². The molecule has 0 bridgehead atoms. The Bertz CT molecular complexity index is 1740. The Hall–Kier alpha value is -4.41. The molecule has 5 nitrogen and oxygen atoms in total. The number of nitrogens with zero attached hydrogens (tertiary/aromatic N) is 1. The van der Waals surface area contributed by atoms with Crippen molar-refractivity contribution in [1.82, 2.24) is 0 Å². The summed E-state index contributed by atoms with van der Waals surface area (Å²) in [6.07, 6.45) is 3.52. The van der Waals surface area contributed by atoms with Crippen molar-refractivity contribution in [3.63, 3.8) is 0 Å². The van der Waals surface area contributed by atoms with Crippen molar-refractivity contribution in [2.24, 2.45) is 0 Å². The van der Waals surface area contributed by atoms with Gasteiger partial charge in [0, 0.05) is 21.2 Å². The molecule has 0 saturated carbocycles. The zero-order chi connectivity index (χ0) is 30.7. The van der Waals surface area contributed by atoms with Gasteiger partial charge in [0.05, 0.1) is 22.5 Å². The van der Waals surface area contributed by atoms with E-state index in [2.05, 4.69) is 16.7 Å². The van der Waals surface area contributed by atoms with E-state index in [9.17, 15) is 22.8 Å². The van der Waals surface area contributed by atoms with Crippen molar-refractivity contribution in [3.05, 3.63) is 139 Å². The summed E-state index contributed by atoms with van der Waals surface area (Å²) in [7, 11) is 0. The van der Waals surface area contributed by atoms with Gasteiger partial charge in [-0.25, -0.2) is 4.79 Å². The molecule has 222 valence electrons. The summed E-state index contributed by atoms with van der Waals surface area (Å²) in [6, 6.07) is 28.1. The molecule has 1 heterocycles. The minimum Gasteiger partial charge on any atom is -0.325 e. The maximum absolute atomic E-state index is 13.7. The minimum absolute atomic E-state index is 0.0530. The second-order valence-electron chi connectivity index (χ2n) is 10.1. The number of thioether (sulfide) groups is 2. The van der Waals surface area contributed by atoms with Crippen LogP contribution in [0, 0.1) is 0 Å². The van der Waals surface area contributed by atoms with Gasteiger partial charge in [-0.2, -0.15) is 13.2 Å². The molecule has 4 aromatic carbocycles. The molecule has 1 aliphatic heterocycles. The van der Waals surface area contributed by atoms with Crippen molar-refractivity contribution < 1.29 is 22.8 Å². The molecular formula is C34H26F3N3O2S2. The van der Waals surface area contributed by atoms with Gasteiger partial charge in [-0.15, -0.1) is 23.5 Å². The fourth-order valence-corrected chi connectivity index (χ4v) is 7.42. The lowest BCUT2D eigenvalue weighted by atomic mass is 10.1. The summed E-state index contributed by atoms with van der Waals surface area (Å²) in [6.45, 7) is 0. The maximum atomic E-state index is 13.7. The second-order valence-corrected chi connectivity index (χ2v) is 12.5. The van der Waals surface area contributed by atoms with Crippen molar-refractivity contribution in [2.45, 2.75) is 32.5 Å². The van der Waals surface area contributed by atoms with Crippen LogP contribution < -0.4 is 15.5 Å². The fourth-order valence-electron chi connectivity index (χ4n) is 5.07. The molecule has 2 aliphatic rings. The average Bonchev–Trinajstić information content (AvgIpc) is 3.02. The van der Waals surface area contributed by atoms with Crippen LogP contribution in [0.5, 0.6) is 0 Å². The van der Waals surface area contributed by atoms with Crippen molar-refractivity contribution >= 4 is 52.5 Å². The van der Waals surface area contributed by atoms with Crippen LogP contribution in [-0.4, -0.2) is 23.2 Å². The number of hydrogen-bond acceptors (Lipinski definition) is 4. The van der Waals surface area contributed by atoms with Gasteiger partial charge in [-0.3, -0.25) is 9.69 Å². The van der Waals surface area contributed by atoms with Gasteiger partial charge in [0.15, 0.2) is 0 Å². The van der Waals surface area contributed by atoms with E-state index in [1.807, 2.05) is 54.6 Å². The van der Waals surface area contributed by atoms with Gasteiger partial charge >= 0.3 is 12.2 Å². The summed E-state index contributed by atoms with van der Waals surface area (Å²) in [5.74, 6) is -0.472. The lowest BCUT2D eigenvalue weighted by Crippen LogP contribution is -2.49. The topological polar surface area (TPSA) is 61.4 Å². The maximum Gasteiger partial charge on any atom is 0.416 e. The van der Waals surface area contributed by atoms with Crippen molar-refractivity contribution in [2.75, 3.05) is 15.5 Å². The number of para-hydroxylation sites is 1. The Balaban J connectivity index is 1.23. The quantitative estimate of drug-likeness (QED) is 0.209. The highest BCUT2D eigenvalue weighted by atomic mass is 32.2. The van der Waals surface area contributed by atoms with E-state index >= 15 is 0 Å². The summed E-state index contributed by atoms with van der Waals surface area (Å²) in [5, 5.41) is 4.99. The van der Waals surface area contributed by atoms with Crippen LogP contribution in [0.2, 0.25) is 0 Å². The van der Waals surface area contributed by atoms with Crippen LogP contribution in [0.25, 0.3) is 0 Å². The molecule has 44 heavy (non-hydrogen) atoms. The van der Waals surface area contributed by atoms with E-state index in [0.717, 1.165) is 22.7 Å². The zero-order valence-electron chi connectivity index (χ0n) is 23.1. The van der Waals surface area contributed by atoms with E-state index in [4.69, 9.17) is 0 Å². The number of anilines is 3. The highest BCUT2D eigenvalue weighted by Crippen LogP contribution is 2.44. The molecule has 2 N–H and O–H groups in total. The first kappa shape index (κ1) is 29.7. The first-order valence-electron chi connectivity index (χ1n) is 13.8. The number of allylic oxidation sites excluding steroid dienone is 2. The molecule has 6 rings (SSSR count). The lowest BCUT2D eigenvalue weighted by molar-refractivity contribution is -0.137. The van der Waals surface area contributed by atoms with Gasteiger partial charge in [-0.1, -0.05) is 78.9 Å². The molecule has 10 heteroatoms. The lowest BCUT2D eigenvalue weighted by Gasteiger charge is -2.40. The number of amides is 3. The van der Waals surface area contributed by atoms with E-state index in [-0.39, 0.29) is 23.0 Å². The van der Waals surface area contributed by atoms with Gasteiger partial charge < -0.3 is 10.6 Å². The van der Waals surface area contributed by atoms with E-state index < -0.39 is 22.9 Å². The fraction of sp³-hybridized carbons (Fsp3) is 0.118. The van der Waals surface area contributed by atoms with Gasteiger partial charge in [-0.05, 0) is 54.1 Å². The van der Waals surface area contributed by atoms with Crippen LogP contribution in [-0.2, 0) is 11.0 Å². The number of alkyl halides is 3. The third-order valence-corrected chi connectivity index (χ3v) is 9.65. The predicted octanol–water partition coefficient (Wildman–Crippen LogP) is 9.18. The number of benzene rings is 4. The summed E-state index contributed by atoms with van der Waals surface area (Å²) >= 11 is 2.96. The Kier molecular flexibility index (Phi) is 8.54. The molecule has 3 unspecified atom stereocenters. The Morgan fingerprint density at radius 3 is 2.30 bits per heavy atom. The normalized spacial score (nSPS) is 17.8. The second kappa shape index (κ2) is 12.7.